The average molecular weight is 386 g/mol. The van der Waals surface area contributed by atoms with Crippen molar-refractivity contribution < 1.29 is 19.1 Å². The average Bonchev–Trinajstić information content (AvgIpc) is 3.40. The van der Waals surface area contributed by atoms with Gasteiger partial charge in [-0.25, -0.2) is 4.68 Å². The van der Waals surface area contributed by atoms with E-state index in [4.69, 9.17) is 4.74 Å². The summed E-state index contributed by atoms with van der Waals surface area (Å²) in [7, 11) is 0. The van der Waals surface area contributed by atoms with E-state index in [0.717, 1.165) is 25.7 Å². The molecule has 1 saturated heterocycles. The molecule has 3 heterocycles. The number of ketones is 1. The third kappa shape index (κ3) is 3.95. The van der Waals surface area contributed by atoms with E-state index in [1.165, 1.54) is 6.08 Å². The quantitative estimate of drug-likeness (QED) is 0.855. The molecule has 4 rings (SSSR count). The number of piperidine rings is 1. The second-order valence-corrected chi connectivity index (χ2v) is 8.46. The molecule has 1 aromatic heterocycles. The van der Waals surface area contributed by atoms with Gasteiger partial charge in [0.05, 0.1) is 12.2 Å². The summed E-state index contributed by atoms with van der Waals surface area (Å²) in [6.07, 6.45) is 6.65. The summed E-state index contributed by atoms with van der Waals surface area (Å²) in [5.74, 6) is 0.731. The number of carbonyl (C=O) groups excluding carboxylic acids is 3. The summed E-state index contributed by atoms with van der Waals surface area (Å²) >= 11 is 0. The van der Waals surface area contributed by atoms with Crippen molar-refractivity contribution in [2.24, 2.45) is 5.92 Å². The molecule has 28 heavy (non-hydrogen) atoms. The van der Waals surface area contributed by atoms with Crippen molar-refractivity contribution in [2.45, 2.75) is 57.6 Å². The van der Waals surface area contributed by atoms with Crippen molar-refractivity contribution in [3.63, 3.8) is 0 Å². The minimum Gasteiger partial charge on any atom is -0.481 e. The Morgan fingerprint density at radius 1 is 1.21 bits per heavy atom. The molecule has 0 bridgehead atoms. The number of nitrogens with zero attached hydrogens (tertiary/aromatic N) is 3. The van der Waals surface area contributed by atoms with Gasteiger partial charge in [-0.1, -0.05) is 0 Å². The SMILES string of the molecule is CC1(C)CC(=O)C=C(C(=O)N2CCC(n3nccc3NC(=O)C3CC3)CC2)O1. The van der Waals surface area contributed by atoms with Gasteiger partial charge in [-0.3, -0.25) is 14.4 Å². The van der Waals surface area contributed by atoms with Gasteiger partial charge in [0.1, 0.15) is 11.4 Å². The lowest BCUT2D eigenvalue weighted by molar-refractivity contribution is -0.139. The molecule has 2 fully saturated rings. The van der Waals surface area contributed by atoms with Crippen LogP contribution in [0.3, 0.4) is 0 Å². The van der Waals surface area contributed by atoms with Crippen molar-refractivity contribution >= 4 is 23.4 Å². The monoisotopic (exact) mass is 386 g/mol. The van der Waals surface area contributed by atoms with Gasteiger partial charge in [-0.05, 0) is 39.5 Å². The zero-order chi connectivity index (χ0) is 19.9. The molecule has 0 atom stereocenters. The van der Waals surface area contributed by atoms with Crippen LogP contribution in [0.4, 0.5) is 5.82 Å². The van der Waals surface area contributed by atoms with Crippen LogP contribution in [-0.4, -0.2) is 51.0 Å². The first-order valence-corrected chi connectivity index (χ1v) is 9.89. The van der Waals surface area contributed by atoms with E-state index in [1.807, 2.05) is 24.6 Å². The van der Waals surface area contributed by atoms with Crippen LogP contribution in [0.5, 0.6) is 0 Å². The summed E-state index contributed by atoms with van der Waals surface area (Å²) in [5.41, 5.74) is -0.654. The molecule has 1 saturated carbocycles. The van der Waals surface area contributed by atoms with Crippen molar-refractivity contribution in [3.8, 4) is 0 Å². The summed E-state index contributed by atoms with van der Waals surface area (Å²) in [4.78, 5) is 38.4. The number of carbonyl (C=O) groups is 3. The van der Waals surface area contributed by atoms with Gasteiger partial charge in [0.15, 0.2) is 11.5 Å². The van der Waals surface area contributed by atoms with Gasteiger partial charge in [-0.2, -0.15) is 5.10 Å². The molecule has 0 aromatic carbocycles. The van der Waals surface area contributed by atoms with Crippen LogP contribution in [0.2, 0.25) is 0 Å². The van der Waals surface area contributed by atoms with Crippen LogP contribution in [0, 0.1) is 5.92 Å². The van der Waals surface area contributed by atoms with Crippen LogP contribution in [0.1, 0.15) is 52.0 Å². The van der Waals surface area contributed by atoms with E-state index < -0.39 is 5.60 Å². The van der Waals surface area contributed by atoms with E-state index in [9.17, 15) is 14.4 Å². The van der Waals surface area contributed by atoms with E-state index in [-0.39, 0.29) is 41.7 Å². The number of likely N-dealkylation sites (tertiary alicyclic amines) is 1. The second kappa shape index (κ2) is 7.07. The molecule has 150 valence electrons. The van der Waals surface area contributed by atoms with Crippen LogP contribution in [-0.2, 0) is 19.1 Å². The van der Waals surface area contributed by atoms with Gasteiger partial charge in [0.25, 0.3) is 5.91 Å². The Hall–Kier alpha value is -2.64. The lowest BCUT2D eigenvalue weighted by atomic mass is 9.98. The van der Waals surface area contributed by atoms with E-state index >= 15 is 0 Å². The fourth-order valence-electron chi connectivity index (χ4n) is 3.83. The highest BCUT2D eigenvalue weighted by molar-refractivity contribution is 6.01. The Morgan fingerprint density at radius 3 is 2.57 bits per heavy atom. The van der Waals surface area contributed by atoms with Gasteiger partial charge >= 0.3 is 0 Å². The summed E-state index contributed by atoms with van der Waals surface area (Å²) in [5, 5.41) is 7.34. The number of allylic oxidation sites excluding steroid dienone is 1. The fourth-order valence-corrected chi connectivity index (χ4v) is 3.83. The maximum absolute atomic E-state index is 12.8. The summed E-state index contributed by atoms with van der Waals surface area (Å²) < 4.78 is 7.59. The third-order valence-corrected chi connectivity index (χ3v) is 5.46. The smallest absolute Gasteiger partial charge is 0.289 e. The van der Waals surface area contributed by atoms with Gasteiger partial charge < -0.3 is 15.0 Å². The second-order valence-electron chi connectivity index (χ2n) is 8.46. The Morgan fingerprint density at radius 2 is 1.93 bits per heavy atom. The van der Waals surface area contributed by atoms with Crippen LogP contribution in [0.25, 0.3) is 0 Å². The minimum atomic E-state index is -0.654. The molecule has 1 N–H and O–H groups in total. The number of anilines is 1. The molecule has 0 radical (unpaired) electrons. The molecule has 3 aliphatic rings. The van der Waals surface area contributed by atoms with Gasteiger partial charge in [0.2, 0.25) is 5.91 Å². The Kier molecular flexibility index (Phi) is 4.72. The van der Waals surface area contributed by atoms with Crippen molar-refractivity contribution in [1.82, 2.24) is 14.7 Å². The molecular formula is C20H26N4O4. The number of hydrogen-bond acceptors (Lipinski definition) is 5. The highest BCUT2D eigenvalue weighted by Gasteiger charge is 2.35. The summed E-state index contributed by atoms with van der Waals surface area (Å²) in [6, 6.07) is 1.93. The molecule has 8 heteroatoms. The van der Waals surface area contributed by atoms with Crippen molar-refractivity contribution in [1.29, 1.82) is 0 Å². The fraction of sp³-hybridized carbons (Fsp3) is 0.600. The van der Waals surface area contributed by atoms with Crippen LogP contribution < -0.4 is 5.32 Å². The first-order chi connectivity index (χ1) is 13.3. The Labute approximate surface area is 163 Å². The topological polar surface area (TPSA) is 93.5 Å². The largest absolute Gasteiger partial charge is 0.481 e. The van der Waals surface area contributed by atoms with E-state index in [2.05, 4.69) is 10.4 Å². The highest BCUT2D eigenvalue weighted by atomic mass is 16.5. The molecule has 2 amide bonds. The maximum Gasteiger partial charge on any atom is 0.289 e. The number of hydrogen-bond donors (Lipinski definition) is 1. The maximum atomic E-state index is 12.8. The predicted octanol–water partition coefficient (Wildman–Crippen LogP) is 2.05. The van der Waals surface area contributed by atoms with Crippen LogP contribution in [0.15, 0.2) is 24.1 Å². The normalized spacial score (nSPS) is 22.4. The van der Waals surface area contributed by atoms with E-state index in [1.54, 1.807) is 11.1 Å². The number of amides is 2. The Balaban J connectivity index is 1.37. The molecule has 1 aromatic rings. The van der Waals surface area contributed by atoms with Gasteiger partial charge in [0, 0.05) is 37.6 Å². The lowest BCUT2D eigenvalue weighted by Crippen LogP contribution is -2.43. The zero-order valence-electron chi connectivity index (χ0n) is 16.3. The Bertz CT molecular complexity index is 829. The third-order valence-electron chi connectivity index (χ3n) is 5.46. The number of ether oxygens (including phenoxy) is 1. The van der Waals surface area contributed by atoms with E-state index in [0.29, 0.717) is 18.9 Å². The molecule has 2 aliphatic heterocycles. The van der Waals surface area contributed by atoms with Crippen molar-refractivity contribution in [2.75, 3.05) is 18.4 Å². The molecule has 0 spiro atoms. The number of rotatable bonds is 4. The first kappa shape index (κ1) is 18.7. The standard InChI is InChI=1S/C20H26N4O4/c1-20(2)12-15(25)11-16(28-20)19(27)23-9-6-14(7-10-23)24-17(5-8-21-24)22-18(26)13-3-4-13/h5,8,11,13-14H,3-4,6-7,9-10,12H2,1-2H3,(H,22,26). The lowest BCUT2D eigenvalue weighted by Gasteiger charge is -2.35. The van der Waals surface area contributed by atoms with Crippen LogP contribution >= 0.6 is 0 Å². The minimum absolute atomic E-state index is 0.0584. The highest BCUT2D eigenvalue weighted by Crippen LogP contribution is 2.32. The van der Waals surface area contributed by atoms with Crippen molar-refractivity contribution in [3.05, 3.63) is 24.1 Å². The first-order valence-electron chi connectivity index (χ1n) is 9.89. The molecule has 8 nitrogen and oxygen atoms in total. The molecular weight excluding hydrogens is 360 g/mol. The molecule has 0 unspecified atom stereocenters. The number of nitrogens with one attached hydrogen (secondary N) is 1. The molecule has 1 aliphatic carbocycles. The number of aromatic nitrogens is 2. The van der Waals surface area contributed by atoms with Gasteiger partial charge in [-0.15, -0.1) is 0 Å². The zero-order valence-corrected chi connectivity index (χ0v) is 16.3. The summed E-state index contributed by atoms with van der Waals surface area (Å²) in [6.45, 7) is 4.72. The predicted molar refractivity (Wildman–Crippen MR) is 101 cm³/mol.